The van der Waals surface area contributed by atoms with Crippen LogP contribution in [0.3, 0.4) is 0 Å². The smallest absolute Gasteiger partial charge is 0.169 e. The van der Waals surface area contributed by atoms with Gasteiger partial charge in [0.2, 0.25) is 0 Å². The number of hydrogen-bond donors (Lipinski definition) is 0. The van der Waals surface area contributed by atoms with Crippen molar-refractivity contribution in [1.82, 2.24) is 0 Å². The van der Waals surface area contributed by atoms with Gasteiger partial charge in [-0.2, -0.15) is 0 Å². The van der Waals surface area contributed by atoms with Gasteiger partial charge in [-0.25, -0.2) is 13.0 Å². The predicted molar refractivity (Wildman–Crippen MR) is 118 cm³/mol. The van der Waals surface area contributed by atoms with Crippen molar-refractivity contribution in [1.29, 1.82) is 0 Å². The standard InChI is InChI=1S/C18H32N.C6H6O3S/c1-3-4-5-6-7-8-9-10-11-12-15-19-16-13-18(2)14-17-19;7-10(8,9)6-4-2-1-3-5-6/h13-14,16-17H,3-12,15H2,1-2H3;1-5H,(H,7,8,9)/q+1;/p-1. The average Bonchev–Trinajstić information content (AvgIpc) is 2.71. The molecular weight excluding hydrogens is 382 g/mol. The summed E-state index contributed by atoms with van der Waals surface area (Å²) in [7, 11) is -4.25. The summed E-state index contributed by atoms with van der Waals surface area (Å²) < 4.78 is 33.1. The van der Waals surface area contributed by atoms with Gasteiger partial charge in [0.05, 0.1) is 4.90 Å². The highest BCUT2D eigenvalue weighted by Crippen LogP contribution is 2.10. The fourth-order valence-corrected chi connectivity index (χ4v) is 3.54. The fraction of sp³-hybridized carbons (Fsp3) is 0.542. The summed E-state index contributed by atoms with van der Waals surface area (Å²) in [6.45, 7) is 5.60. The summed E-state index contributed by atoms with van der Waals surface area (Å²) in [5, 5.41) is 0. The van der Waals surface area contributed by atoms with E-state index in [1.807, 2.05) is 0 Å². The number of hydrogen-bond acceptors (Lipinski definition) is 3. The summed E-state index contributed by atoms with van der Waals surface area (Å²) in [5.41, 5.74) is 1.35. The number of pyridine rings is 1. The molecule has 0 aliphatic rings. The summed E-state index contributed by atoms with van der Waals surface area (Å²) in [4.78, 5) is -0.185. The lowest BCUT2D eigenvalue weighted by Crippen LogP contribution is -2.32. The van der Waals surface area contributed by atoms with Gasteiger partial charge in [0.25, 0.3) is 0 Å². The summed E-state index contributed by atoms with van der Waals surface area (Å²) in [6.07, 6.45) is 18.5. The molecule has 0 unspecified atom stereocenters. The molecule has 4 nitrogen and oxygen atoms in total. The largest absolute Gasteiger partial charge is 0.744 e. The Morgan fingerprint density at radius 2 is 1.24 bits per heavy atom. The maximum absolute atomic E-state index is 10.3. The van der Waals surface area contributed by atoms with E-state index in [4.69, 9.17) is 0 Å². The Labute approximate surface area is 177 Å². The number of aromatic nitrogens is 1. The van der Waals surface area contributed by atoms with Crippen LogP contribution in [0.1, 0.15) is 76.7 Å². The molecule has 0 atom stereocenters. The van der Waals surface area contributed by atoms with E-state index in [0.717, 1.165) is 0 Å². The summed E-state index contributed by atoms with van der Waals surface area (Å²) in [6, 6.07) is 11.6. The topological polar surface area (TPSA) is 61.1 Å². The van der Waals surface area contributed by atoms with Crippen molar-refractivity contribution >= 4 is 10.1 Å². The first-order valence-electron chi connectivity index (χ1n) is 10.9. The van der Waals surface area contributed by atoms with Crippen LogP contribution in [0.5, 0.6) is 0 Å². The maximum atomic E-state index is 10.3. The molecule has 0 amide bonds. The summed E-state index contributed by atoms with van der Waals surface area (Å²) in [5.74, 6) is 0. The number of unbranched alkanes of at least 4 members (excludes halogenated alkanes) is 9. The van der Waals surface area contributed by atoms with Crippen LogP contribution in [0.2, 0.25) is 0 Å². The minimum atomic E-state index is -4.25. The fourth-order valence-electron chi connectivity index (χ4n) is 3.05. The first kappa shape index (κ1) is 25.3. The number of rotatable bonds is 12. The predicted octanol–water partition coefficient (Wildman–Crippen LogP) is 5.79. The molecule has 0 aliphatic heterocycles. The molecule has 0 fully saturated rings. The Hall–Kier alpha value is -1.72. The van der Waals surface area contributed by atoms with Crippen LogP contribution in [-0.2, 0) is 16.7 Å². The molecule has 2 aromatic rings. The second-order valence-electron chi connectivity index (χ2n) is 7.56. The van der Waals surface area contributed by atoms with E-state index in [9.17, 15) is 13.0 Å². The molecule has 2 rings (SSSR count). The molecule has 1 aromatic carbocycles. The number of benzene rings is 1. The first-order valence-corrected chi connectivity index (χ1v) is 12.3. The molecule has 1 heterocycles. The van der Waals surface area contributed by atoms with Gasteiger partial charge < -0.3 is 4.55 Å². The molecule has 1 aromatic heterocycles. The van der Waals surface area contributed by atoms with Gasteiger partial charge in [-0.15, -0.1) is 0 Å². The SMILES string of the molecule is CCCCCCCCCCCC[n+]1ccc(C)cc1.O=S(=O)([O-])c1ccccc1. The highest BCUT2D eigenvalue weighted by molar-refractivity contribution is 7.85. The van der Waals surface area contributed by atoms with E-state index in [1.165, 1.54) is 101 Å². The molecule has 0 spiro atoms. The third-order valence-corrected chi connectivity index (χ3v) is 5.71. The van der Waals surface area contributed by atoms with Gasteiger partial charge in [0.15, 0.2) is 12.4 Å². The van der Waals surface area contributed by atoms with Gasteiger partial charge in [-0.1, -0.05) is 76.5 Å². The second-order valence-corrected chi connectivity index (χ2v) is 8.94. The normalized spacial score (nSPS) is 11.0. The van der Waals surface area contributed by atoms with E-state index in [2.05, 4.69) is 42.9 Å². The van der Waals surface area contributed by atoms with Crippen LogP contribution >= 0.6 is 0 Å². The van der Waals surface area contributed by atoms with Crippen LogP contribution in [0.25, 0.3) is 0 Å². The van der Waals surface area contributed by atoms with Crippen LogP contribution in [-0.4, -0.2) is 13.0 Å². The van der Waals surface area contributed by atoms with Crippen LogP contribution in [0.4, 0.5) is 0 Å². The maximum Gasteiger partial charge on any atom is 0.169 e. The van der Waals surface area contributed by atoms with Crippen molar-refractivity contribution in [2.24, 2.45) is 0 Å². The Bertz CT molecular complexity index is 743. The highest BCUT2D eigenvalue weighted by Gasteiger charge is 1.99. The molecule has 0 radical (unpaired) electrons. The molecule has 0 bridgehead atoms. The van der Waals surface area contributed by atoms with Crippen molar-refractivity contribution in [3.63, 3.8) is 0 Å². The third kappa shape index (κ3) is 13.2. The molecular formula is C24H37NO3S. The zero-order chi connectivity index (χ0) is 21.4. The Balaban J connectivity index is 0.000000352. The van der Waals surface area contributed by atoms with Crippen LogP contribution in [0, 0.1) is 6.92 Å². The van der Waals surface area contributed by atoms with E-state index in [-0.39, 0.29) is 4.90 Å². The Morgan fingerprint density at radius 3 is 1.69 bits per heavy atom. The monoisotopic (exact) mass is 419 g/mol. The van der Waals surface area contributed by atoms with Crippen molar-refractivity contribution in [3.05, 3.63) is 60.4 Å². The zero-order valence-electron chi connectivity index (χ0n) is 18.1. The molecule has 29 heavy (non-hydrogen) atoms. The average molecular weight is 420 g/mol. The van der Waals surface area contributed by atoms with Gasteiger partial charge >= 0.3 is 0 Å². The van der Waals surface area contributed by atoms with E-state index >= 15 is 0 Å². The molecule has 0 saturated carbocycles. The Kier molecular flexibility index (Phi) is 13.2. The van der Waals surface area contributed by atoms with Gasteiger partial charge in [0.1, 0.15) is 16.7 Å². The third-order valence-electron chi connectivity index (χ3n) is 4.86. The quantitative estimate of drug-likeness (QED) is 0.248. The molecule has 5 heteroatoms. The molecule has 0 saturated heterocycles. The molecule has 0 N–H and O–H groups in total. The summed E-state index contributed by atoms with van der Waals surface area (Å²) >= 11 is 0. The zero-order valence-corrected chi connectivity index (χ0v) is 18.9. The van der Waals surface area contributed by atoms with Crippen molar-refractivity contribution in [2.45, 2.75) is 89.5 Å². The lowest BCUT2D eigenvalue weighted by Gasteiger charge is -2.04. The van der Waals surface area contributed by atoms with E-state index in [0.29, 0.717) is 0 Å². The van der Waals surface area contributed by atoms with Crippen molar-refractivity contribution in [2.75, 3.05) is 0 Å². The van der Waals surface area contributed by atoms with Gasteiger partial charge in [-0.05, 0) is 31.0 Å². The van der Waals surface area contributed by atoms with E-state index in [1.54, 1.807) is 6.07 Å². The molecule has 162 valence electrons. The first-order chi connectivity index (χ1) is 13.9. The number of nitrogens with zero attached hydrogens (tertiary/aromatic N) is 1. The van der Waals surface area contributed by atoms with Gasteiger partial charge in [0, 0.05) is 18.6 Å². The minimum absolute atomic E-state index is 0.185. The van der Waals surface area contributed by atoms with Crippen molar-refractivity contribution in [3.8, 4) is 0 Å². The van der Waals surface area contributed by atoms with Crippen molar-refractivity contribution < 1.29 is 17.5 Å². The second kappa shape index (κ2) is 15.2. The highest BCUT2D eigenvalue weighted by atomic mass is 32.2. The van der Waals surface area contributed by atoms with Crippen LogP contribution in [0.15, 0.2) is 59.8 Å². The lowest BCUT2D eigenvalue weighted by atomic mass is 10.1. The Morgan fingerprint density at radius 1 is 0.759 bits per heavy atom. The minimum Gasteiger partial charge on any atom is -0.744 e. The number of aryl methyl sites for hydroxylation is 2. The van der Waals surface area contributed by atoms with Gasteiger partial charge in [-0.3, -0.25) is 0 Å². The lowest BCUT2D eigenvalue weighted by molar-refractivity contribution is -0.697. The molecule has 0 aliphatic carbocycles. The van der Waals surface area contributed by atoms with E-state index < -0.39 is 10.1 Å². The van der Waals surface area contributed by atoms with Crippen LogP contribution < -0.4 is 4.57 Å².